The number of rotatable bonds is 6. The molecule has 0 radical (unpaired) electrons. The Kier molecular flexibility index (Phi) is 5.76. The summed E-state index contributed by atoms with van der Waals surface area (Å²) >= 11 is 0. The molecule has 1 aliphatic carbocycles. The number of nitrogens with zero attached hydrogens (tertiary/aromatic N) is 3. The highest BCUT2D eigenvalue weighted by Crippen LogP contribution is 2.70. The van der Waals surface area contributed by atoms with Crippen LogP contribution in [-0.2, 0) is 11.2 Å². The van der Waals surface area contributed by atoms with E-state index in [2.05, 4.69) is 16.0 Å². The van der Waals surface area contributed by atoms with Crippen LogP contribution in [0.15, 0.2) is 67.0 Å². The van der Waals surface area contributed by atoms with Crippen LogP contribution in [0.3, 0.4) is 0 Å². The first kappa shape index (κ1) is 23.3. The third kappa shape index (κ3) is 3.25. The van der Waals surface area contributed by atoms with Gasteiger partial charge in [0, 0.05) is 11.8 Å². The maximum Gasteiger partial charge on any atom is 0.177 e. The number of benzene rings is 2. The van der Waals surface area contributed by atoms with Crippen LogP contribution in [0.1, 0.15) is 34.6 Å². The molecular formula is C28H29N3O4. The van der Waals surface area contributed by atoms with Gasteiger partial charge >= 0.3 is 0 Å². The predicted molar refractivity (Wildman–Crippen MR) is 130 cm³/mol. The zero-order valence-electron chi connectivity index (χ0n) is 20.0. The molecule has 1 saturated carbocycles. The van der Waals surface area contributed by atoms with E-state index in [0.717, 1.165) is 12.1 Å². The number of pyridine rings is 1. The van der Waals surface area contributed by atoms with Gasteiger partial charge in [-0.15, -0.1) is 0 Å². The van der Waals surface area contributed by atoms with Gasteiger partial charge in [0.05, 0.1) is 42.8 Å². The molecule has 3 aromatic rings. The number of nitriles is 1. The van der Waals surface area contributed by atoms with Gasteiger partial charge in [-0.3, -0.25) is 4.98 Å². The molecular weight excluding hydrogens is 442 g/mol. The predicted octanol–water partition coefficient (Wildman–Crippen LogP) is 3.16. The fourth-order valence-corrected chi connectivity index (χ4v) is 6.05. The van der Waals surface area contributed by atoms with E-state index in [9.17, 15) is 15.5 Å². The highest BCUT2D eigenvalue weighted by atomic mass is 16.5. The highest BCUT2D eigenvalue weighted by molar-refractivity contribution is 5.59. The van der Waals surface area contributed by atoms with Crippen LogP contribution in [0.25, 0.3) is 0 Å². The van der Waals surface area contributed by atoms with E-state index in [1.807, 2.05) is 56.6 Å². The Bertz CT molecular complexity index is 1260. The average Bonchev–Trinajstić information content (AvgIpc) is 3.26. The van der Waals surface area contributed by atoms with Crippen LogP contribution in [0, 0.1) is 17.2 Å². The number of aliphatic hydroxyl groups excluding tert-OH is 1. The number of hydrogen-bond donors (Lipinski definition) is 2. The molecule has 7 nitrogen and oxygen atoms in total. The lowest BCUT2D eigenvalue weighted by Gasteiger charge is -2.41. The summed E-state index contributed by atoms with van der Waals surface area (Å²) in [7, 11) is 5.50. The molecule has 1 aliphatic heterocycles. The van der Waals surface area contributed by atoms with Crippen molar-refractivity contribution in [2.45, 2.75) is 29.6 Å². The lowest BCUT2D eigenvalue weighted by molar-refractivity contribution is -0.152. The normalized spacial score (nSPS) is 28.8. The molecule has 0 bridgehead atoms. The monoisotopic (exact) mass is 471 g/mol. The van der Waals surface area contributed by atoms with Crippen LogP contribution in [0.2, 0.25) is 0 Å². The van der Waals surface area contributed by atoms with Gasteiger partial charge in [-0.1, -0.05) is 42.5 Å². The van der Waals surface area contributed by atoms with Gasteiger partial charge in [0.2, 0.25) is 0 Å². The molecule has 0 saturated heterocycles. The molecule has 2 aromatic carbocycles. The Balaban J connectivity index is 1.82. The molecule has 2 N–H and O–H groups in total. The average molecular weight is 472 g/mol. The molecule has 5 rings (SSSR count). The van der Waals surface area contributed by atoms with E-state index in [1.165, 1.54) is 13.3 Å². The topological polar surface area (TPSA) is 98.8 Å². The SMILES string of the molecule is COc1cncc2c1[C@]1(O)[C@H](O)[C@H](CCN(C)C)[C@@H](c3ccccc3)C1(c1ccc(C#N)cc1)O2. The number of aromatic nitrogens is 1. The quantitative estimate of drug-likeness (QED) is 0.570. The zero-order chi connectivity index (χ0) is 24.8. The third-order valence-corrected chi connectivity index (χ3v) is 7.53. The summed E-state index contributed by atoms with van der Waals surface area (Å²) in [6, 6.07) is 19.1. The third-order valence-electron chi connectivity index (χ3n) is 7.53. The van der Waals surface area contributed by atoms with Crippen LogP contribution < -0.4 is 9.47 Å². The van der Waals surface area contributed by atoms with E-state index in [0.29, 0.717) is 34.6 Å². The van der Waals surface area contributed by atoms with Crippen molar-refractivity contribution >= 4 is 0 Å². The minimum absolute atomic E-state index is 0.327. The van der Waals surface area contributed by atoms with E-state index in [-0.39, 0.29) is 5.92 Å². The van der Waals surface area contributed by atoms with Crippen LogP contribution in [-0.4, -0.2) is 54.0 Å². The second-order valence-corrected chi connectivity index (χ2v) is 9.60. The van der Waals surface area contributed by atoms with Crippen molar-refractivity contribution in [2.24, 2.45) is 5.92 Å². The van der Waals surface area contributed by atoms with E-state index < -0.39 is 23.2 Å². The largest absolute Gasteiger partial charge is 0.495 e. The minimum Gasteiger partial charge on any atom is -0.495 e. The van der Waals surface area contributed by atoms with Crippen molar-refractivity contribution in [3.63, 3.8) is 0 Å². The lowest BCUT2D eigenvalue weighted by atomic mass is 9.70. The molecule has 1 fully saturated rings. The summed E-state index contributed by atoms with van der Waals surface area (Å²) in [5.41, 5.74) is -0.644. The first-order valence-electron chi connectivity index (χ1n) is 11.7. The first-order chi connectivity index (χ1) is 16.9. The minimum atomic E-state index is -1.82. The van der Waals surface area contributed by atoms with Crippen molar-refractivity contribution in [2.75, 3.05) is 27.7 Å². The molecule has 0 amide bonds. The summed E-state index contributed by atoms with van der Waals surface area (Å²) in [6.07, 6.45) is 2.58. The smallest absolute Gasteiger partial charge is 0.177 e. The van der Waals surface area contributed by atoms with Gasteiger partial charge in [-0.05, 0) is 50.3 Å². The number of aliphatic hydroxyl groups is 2. The van der Waals surface area contributed by atoms with E-state index >= 15 is 0 Å². The van der Waals surface area contributed by atoms with Crippen LogP contribution >= 0.6 is 0 Å². The van der Waals surface area contributed by atoms with Gasteiger partial charge in [0.15, 0.2) is 11.2 Å². The second-order valence-electron chi connectivity index (χ2n) is 9.60. The summed E-state index contributed by atoms with van der Waals surface area (Å²) in [4.78, 5) is 6.32. The molecule has 35 heavy (non-hydrogen) atoms. The molecule has 2 heterocycles. The molecule has 1 aromatic heterocycles. The fraction of sp³-hybridized carbons (Fsp3) is 0.357. The number of fused-ring (bicyclic) bond motifs is 3. The standard InChI is InChI=1S/C28H29N3O4/c1-31(2)14-13-21-24(19-7-5-4-6-8-19)28(20-11-9-18(15-29)10-12-20)27(33,26(21)32)25-22(34-3)16-30-17-23(25)35-28/h4-12,16-17,21,24,26,32-33H,13-14H2,1-3H3/t21-,24-,26-,27+,28?/m1/s1. The van der Waals surface area contributed by atoms with E-state index in [1.54, 1.807) is 18.3 Å². The Morgan fingerprint density at radius 1 is 1.11 bits per heavy atom. The van der Waals surface area contributed by atoms with Crippen LogP contribution in [0.5, 0.6) is 11.5 Å². The van der Waals surface area contributed by atoms with Crippen molar-refractivity contribution in [3.05, 3.63) is 89.2 Å². The Morgan fingerprint density at radius 3 is 2.46 bits per heavy atom. The van der Waals surface area contributed by atoms with Gasteiger partial charge in [-0.2, -0.15) is 5.26 Å². The van der Waals surface area contributed by atoms with Gasteiger partial charge < -0.3 is 24.6 Å². The van der Waals surface area contributed by atoms with Gasteiger partial charge in [-0.25, -0.2) is 0 Å². The lowest BCUT2D eigenvalue weighted by Crippen LogP contribution is -2.52. The Labute approximate surface area is 205 Å². The zero-order valence-corrected chi connectivity index (χ0v) is 20.0. The van der Waals surface area contributed by atoms with Crippen molar-refractivity contribution in [3.8, 4) is 17.6 Å². The summed E-state index contributed by atoms with van der Waals surface area (Å²) in [5.74, 6) is 0.0158. The van der Waals surface area contributed by atoms with Gasteiger partial charge in [0.25, 0.3) is 0 Å². The van der Waals surface area contributed by atoms with E-state index in [4.69, 9.17) is 9.47 Å². The maximum absolute atomic E-state index is 12.7. The fourth-order valence-electron chi connectivity index (χ4n) is 6.05. The first-order valence-corrected chi connectivity index (χ1v) is 11.7. The number of hydrogen-bond acceptors (Lipinski definition) is 7. The Morgan fingerprint density at radius 2 is 1.83 bits per heavy atom. The summed E-state index contributed by atoms with van der Waals surface area (Å²) in [6.45, 7) is 0.727. The van der Waals surface area contributed by atoms with Crippen molar-refractivity contribution in [1.29, 1.82) is 5.26 Å². The molecule has 0 spiro atoms. The molecule has 5 atom stereocenters. The maximum atomic E-state index is 12.7. The number of ether oxygens (including phenoxy) is 2. The highest BCUT2D eigenvalue weighted by Gasteiger charge is 2.76. The Hall–Kier alpha value is -3.44. The van der Waals surface area contributed by atoms with Gasteiger partial charge in [0.1, 0.15) is 11.5 Å². The molecule has 2 aliphatic rings. The number of methoxy groups -OCH3 is 1. The second kappa shape index (κ2) is 8.65. The summed E-state index contributed by atoms with van der Waals surface area (Å²) in [5, 5.41) is 34.1. The molecule has 1 unspecified atom stereocenters. The molecule has 180 valence electrons. The van der Waals surface area contributed by atoms with Crippen LogP contribution in [0.4, 0.5) is 0 Å². The van der Waals surface area contributed by atoms with Crippen molar-refractivity contribution in [1.82, 2.24) is 9.88 Å². The molecule has 7 heteroatoms. The summed E-state index contributed by atoms with van der Waals surface area (Å²) < 4.78 is 12.4. The van der Waals surface area contributed by atoms with Crippen molar-refractivity contribution < 1.29 is 19.7 Å².